The monoisotopic (exact) mass is 297 g/mol. The molecular weight excluding hydrogens is 274 g/mol. The average molecular weight is 297 g/mol. The smallest absolute Gasteiger partial charge is 0.188 e. The van der Waals surface area contributed by atoms with Gasteiger partial charge in [-0.1, -0.05) is 0 Å². The highest BCUT2D eigenvalue weighted by atomic mass is 32.1. The van der Waals surface area contributed by atoms with Crippen LogP contribution >= 0.6 is 11.3 Å². The third-order valence-corrected chi connectivity index (χ3v) is 4.13. The first-order chi connectivity index (χ1) is 9.79. The minimum absolute atomic E-state index is 0.469. The van der Waals surface area contributed by atoms with Gasteiger partial charge in [-0.25, -0.2) is 4.98 Å². The molecule has 0 amide bonds. The van der Waals surface area contributed by atoms with Gasteiger partial charge in [0.25, 0.3) is 0 Å². The second kappa shape index (κ2) is 8.06. The standard InChI is InChI=1S/C13H23N5OS/c1-19-9-6-16-12(14)15-5-4-11-10-20-13(17-11)18-7-2-3-8-18/h10H,2-9H2,1H3,(H3,14,15,16). The topological polar surface area (TPSA) is 75.8 Å². The number of anilines is 1. The molecule has 1 aromatic heterocycles. The lowest BCUT2D eigenvalue weighted by Crippen LogP contribution is -2.33. The minimum atomic E-state index is 0.469. The number of hydrogen-bond acceptors (Lipinski definition) is 5. The van der Waals surface area contributed by atoms with Gasteiger partial charge in [0.2, 0.25) is 0 Å². The molecule has 112 valence electrons. The van der Waals surface area contributed by atoms with Gasteiger partial charge in [0.05, 0.1) is 18.8 Å². The van der Waals surface area contributed by atoms with Crippen LogP contribution in [0.4, 0.5) is 5.13 Å². The van der Waals surface area contributed by atoms with Crippen LogP contribution in [0.3, 0.4) is 0 Å². The molecule has 20 heavy (non-hydrogen) atoms. The molecule has 6 nitrogen and oxygen atoms in total. The van der Waals surface area contributed by atoms with Gasteiger partial charge in [0.1, 0.15) is 0 Å². The molecule has 0 aromatic carbocycles. The van der Waals surface area contributed by atoms with E-state index in [9.17, 15) is 0 Å². The Balaban J connectivity index is 1.70. The Kier molecular flexibility index (Phi) is 6.07. The predicted octanol–water partition coefficient (Wildman–Crippen LogP) is 0.837. The van der Waals surface area contributed by atoms with Gasteiger partial charge in [-0.15, -0.1) is 11.3 Å². The number of hydrogen-bond donors (Lipinski definition) is 2. The maximum Gasteiger partial charge on any atom is 0.188 e. The second-order valence-corrected chi connectivity index (χ2v) is 5.59. The molecule has 2 heterocycles. The average Bonchev–Trinajstić information content (AvgIpc) is 3.09. The first kappa shape index (κ1) is 15.1. The second-order valence-electron chi connectivity index (χ2n) is 4.75. The first-order valence-electron chi connectivity index (χ1n) is 7.01. The summed E-state index contributed by atoms with van der Waals surface area (Å²) in [6.45, 7) is 4.22. The van der Waals surface area contributed by atoms with Gasteiger partial charge in [-0.3, -0.25) is 4.99 Å². The predicted molar refractivity (Wildman–Crippen MR) is 83.6 cm³/mol. The van der Waals surface area contributed by atoms with E-state index in [-0.39, 0.29) is 0 Å². The third kappa shape index (κ3) is 4.64. The lowest BCUT2D eigenvalue weighted by Gasteiger charge is -2.12. The molecule has 1 aromatic rings. The number of nitrogens with one attached hydrogen (secondary N) is 1. The van der Waals surface area contributed by atoms with E-state index in [0.717, 1.165) is 36.9 Å². The normalized spacial score (nSPS) is 15.8. The number of guanidine groups is 1. The van der Waals surface area contributed by atoms with Gasteiger partial charge in [-0.2, -0.15) is 0 Å². The zero-order chi connectivity index (χ0) is 14.2. The molecule has 0 spiro atoms. The molecule has 0 atom stereocenters. The maximum absolute atomic E-state index is 5.74. The van der Waals surface area contributed by atoms with Gasteiger partial charge < -0.3 is 20.7 Å². The summed E-state index contributed by atoms with van der Waals surface area (Å²) in [6, 6.07) is 0. The number of methoxy groups -OCH3 is 1. The van der Waals surface area contributed by atoms with Crippen LogP contribution in [-0.4, -0.2) is 50.8 Å². The Morgan fingerprint density at radius 3 is 3.10 bits per heavy atom. The zero-order valence-electron chi connectivity index (χ0n) is 12.0. The molecular formula is C13H23N5OS. The Bertz CT molecular complexity index is 428. The Morgan fingerprint density at radius 2 is 2.35 bits per heavy atom. The van der Waals surface area contributed by atoms with Crippen molar-refractivity contribution in [1.29, 1.82) is 0 Å². The summed E-state index contributed by atoms with van der Waals surface area (Å²) in [4.78, 5) is 11.2. The molecule has 1 aliphatic heterocycles. The molecule has 0 bridgehead atoms. The van der Waals surface area contributed by atoms with Crippen molar-refractivity contribution in [3.05, 3.63) is 11.1 Å². The van der Waals surface area contributed by atoms with Crippen molar-refractivity contribution in [2.75, 3.05) is 44.8 Å². The van der Waals surface area contributed by atoms with Crippen molar-refractivity contribution >= 4 is 22.4 Å². The van der Waals surface area contributed by atoms with Crippen LogP contribution in [0.25, 0.3) is 0 Å². The van der Waals surface area contributed by atoms with Gasteiger partial charge in [0.15, 0.2) is 11.1 Å². The fraction of sp³-hybridized carbons (Fsp3) is 0.692. The number of nitrogens with two attached hydrogens (primary N) is 1. The van der Waals surface area contributed by atoms with E-state index >= 15 is 0 Å². The van der Waals surface area contributed by atoms with Crippen molar-refractivity contribution in [2.24, 2.45) is 10.7 Å². The molecule has 7 heteroatoms. The molecule has 2 rings (SSSR count). The highest BCUT2D eigenvalue weighted by Gasteiger charge is 2.15. The van der Waals surface area contributed by atoms with Gasteiger partial charge in [-0.05, 0) is 12.8 Å². The van der Waals surface area contributed by atoms with Crippen molar-refractivity contribution in [3.8, 4) is 0 Å². The van der Waals surface area contributed by atoms with Gasteiger partial charge >= 0.3 is 0 Å². The van der Waals surface area contributed by atoms with Crippen LogP contribution in [0.15, 0.2) is 10.4 Å². The molecule has 0 aliphatic carbocycles. The van der Waals surface area contributed by atoms with E-state index in [1.807, 2.05) is 0 Å². The van der Waals surface area contributed by atoms with Crippen LogP contribution in [0.1, 0.15) is 18.5 Å². The Labute approximate surface area is 124 Å². The van der Waals surface area contributed by atoms with Crippen molar-refractivity contribution in [2.45, 2.75) is 19.3 Å². The van der Waals surface area contributed by atoms with Crippen LogP contribution in [0.5, 0.6) is 0 Å². The summed E-state index contributed by atoms with van der Waals surface area (Å²) in [6.07, 6.45) is 3.43. The number of rotatable bonds is 7. The van der Waals surface area contributed by atoms with E-state index in [1.54, 1.807) is 18.4 Å². The third-order valence-electron chi connectivity index (χ3n) is 3.18. The summed E-state index contributed by atoms with van der Waals surface area (Å²) >= 11 is 1.73. The number of ether oxygens (including phenoxy) is 1. The number of aromatic nitrogens is 1. The first-order valence-corrected chi connectivity index (χ1v) is 7.89. The fourth-order valence-corrected chi connectivity index (χ4v) is 3.01. The maximum atomic E-state index is 5.74. The highest BCUT2D eigenvalue weighted by molar-refractivity contribution is 7.13. The van der Waals surface area contributed by atoms with Crippen molar-refractivity contribution < 1.29 is 4.74 Å². The minimum Gasteiger partial charge on any atom is -0.383 e. The number of nitrogens with zero attached hydrogens (tertiary/aromatic N) is 3. The molecule has 1 aliphatic rings. The van der Waals surface area contributed by atoms with E-state index in [2.05, 4.69) is 25.6 Å². The molecule has 3 N–H and O–H groups in total. The zero-order valence-corrected chi connectivity index (χ0v) is 12.8. The van der Waals surface area contributed by atoms with Crippen LogP contribution in [0, 0.1) is 0 Å². The molecule has 0 saturated carbocycles. The highest BCUT2D eigenvalue weighted by Crippen LogP contribution is 2.24. The van der Waals surface area contributed by atoms with E-state index < -0.39 is 0 Å². The van der Waals surface area contributed by atoms with E-state index in [0.29, 0.717) is 19.1 Å². The Morgan fingerprint density at radius 1 is 1.55 bits per heavy atom. The quantitative estimate of drug-likeness (QED) is 0.443. The number of aliphatic imine (C=N–C) groups is 1. The van der Waals surface area contributed by atoms with Crippen LogP contribution < -0.4 is 16.0 Å². The summed E-state index contributed by atoms with van der Waals surface area (Å²) < 4.78 is 4.91. The van der Waals surface area contributed by atoms with Crippen molar-refractivity contribution in [1.82, 2.24) is 10.3 Å². The van der Waals surface area contributed by atoms with Crippen LogP contribution in [-0.2, 0) is 11.2 Å². The largest absolute Gasteiger partial charge is 0.383 e. The molecule has 1 fully saturated rings. The summed E-state index contributed by atoms with van der Waals surface area (Å²) in [5.74, 6) is 0.469. The molecule has 0 unspecified atom stereocenters. The summed E-state index contributed by atoms with van der Waals surface area (Å²) in [7, 11) is 1.65. The summed E-state index contributed by atoms with van der Waals surface area (Å²) in [5, 5.41) is 6.38. The summed E-state index contributed by atoms with van der Waals surface area (Å²) in [5.41, 5.74) is 6.86. The lowest BCUT2D eigenvalue weighted by molar-refractivity contribution is 0.208. The Hall–Kier alpha value is -1.34. The van der Waals surface area contributed by atoms with E-state index in [1.165, 1.54) is 12.8 Å². The van der Waals surface area contributed by atoms with Crippen molar-refractivity contribution in [3.63, 3.8) is 0 Å². The lowest BCUT2D eigenvalue weighted by atomic mass is 10.3. The molecule has 1 saturated heterocycles. The van der Waals surface area contributed by atoms with E-state index in [4.69, 9.17) is 10.5 Å². The molecule has 0 radical (unpaired) electrons. The van der Waals surface area contributed by atoms with Gasteiger partial charge in [0, 0.05) is 38.5 Å². The van der Waals surface area contributed by atoms with Crippen LogP contribution in [0.2, 0.25) is 0 Å². The SMILES string of the molecule is COCCN=C(N)NCCc1csc(N2CCCC2)n1. The number of thiazole rings is 1. The fourth-order valence-electron chi connectivity index (χ4n) is 2.10.